The van der Waals surface area contributed by atoms with Crippen LogP contribution in [0.2, 0.25) is 0 Å². The van der Waals surface area contributed by atoms with Gasteiger partial charge in [-0.3, -0.25) is 4.79 Å². The fourth-order valence-electron chi connectivity index (χ4n) is 3.84. The zero-order valence-corrected chi connectivity index (χ0v) is 17.7. The first kappa shape index (κ1) is 21.2. The maximum absolute atomic E-state index is 14.2. The smallest absolute Gasteiger partial charge is 0.250 e. The number of nitrogens with zero attached hydrogens (tertiary/aromatic N) is 3. The molecule has 0 aliphatic carbocycles. The minimum atomic E-state index is -0.523. The van der Waals surface area contributed by atoms with E-state index < -0.39 is 5.82 Å². The number of likely N-dealkylation sites (tertiary alicyclic amines) is 1. The average molecular weight is 431 g/mol. The van der Waals surface area contributed by atoms with Gasteiger partial charge in [-0.15, -0.1) is 0 Å². The van der Waals surface area contributed by atoms with Crippen LogP contribution < -0.4 is 19.1 Å². The molecule has 31 heavy (non-hydrogen) atoms. The van der Waals surface area contributed by atoms with Gasteiger partial charge in [0.25, 0.3) is 0 Å². The van der Waals surface area contributed by atoms with Crippen LogP contribution in [-0.2, 0) is 9.53 Å². The Morgan fingerprint density at radius 2 is 2.16 bits per heavy atom. The minimum absolute atomic E-state index is 0.0415. The third-order valence-electron chi connectivity index (χ3n) is 5.41. The molecule has 0 saturated carbocycles. The summed E-state index contributed by atoms with van der Waals surface area (Å²) < 4.78 is 36.0. The number of hydrogen-bond acceptors (Lipinski definition) is 7. The van der Waals surface area contributed by atoms with Crippen molar-refractivity contribution in [2.75, 3.05) is 52.0 Å². The lowest BCUT2D eigenvalue weighted by Crippen LogP contribution is -2.31. The first-order valence-corrected chi connectivity index (χ1v) is 10.3. The number of rotatable bonds is 7. The van der Waals surface area contributed by atoms with E-state index in [1.54, 1.807) is 13.3 Å². The lowest BCUT2D eigenvalue weighted by atomic mass is 10.2. The molecular formula is C22H26FN3O5. The first-order chi connectivity index (χ1) is 15.1. The van der Waals surface area contributed by atoms with E-state index in [0.29, 0.717) is 56.5 Å². The van der Waals surface area contributed by atoms with E-state index in [-0.39, 0.29) is 17.9 Å². The van der Waals surface area contributed by atoms with Gasteiger partial charge in [-0.1, -0.05) is 0 Å². The average Bonchev–Trinajstić information content (AvgIpc) is 3.25. The van der Waals surface area contributed by atoms with E-state index in [2.05, 4.69) is 4.98 Å². The number of carbonyl (C=O) groups is 1. The molecule has 8 nitrogen and oxygen atoms in total. The van der Waals surface area contributed by atoms with Gasteiger partial charge in [0, 0.05) is 32.2 Å². The Bertz CT molecular complexity index is 941. The summed E-state index contributed by atoms with van der Waals surface area (Å²) in [6, 6.07) is 6.98. The topological polar surface area (TPSA) is 73.4 Å². The number of benzene rings is 1. The molecule has 4 rings (SSSR count). The first-order valence-electron chi connectivity index (χ1n) is 10.3. The summed E-state index contributed by atoms with van der Waals surface area (Å²) in [4.78, 5) is 20.0. The van der Waals surface area contributed by atoms with Crippen LogP contribution in [0.3, 0.4) is 0 Å². The number of hydrogen-bond donors (Lipinski definition) is 0. The third kappa shape index (κ3) is 4.66. The second-order valence-electron chi connectivity index (χ2n) is 7.43. The van der Waals surface area contributed by atoms with Gasteiger partial charge in [0.15, 0.2) is 5.82 Å². The van der Waals surface area contributed by atoms with Crippen molar-refractivity contribution in [3.05, 3.63) is 36.3 Å². The predicted octanol–water partition coefficient (Wildman–Crippen LogP) is 2.78. The molecule has 1 atom stereocenters. The largest absolute Gasteiger partial charge is 0.490 e. The van der Waals surface area contributed by atoms with Crippen molar-refractivity contribution in [1.29, 1.82) is 0 Å². The number of methoxy groups -OCH3 is 2. The minimum Gasteiger partial charge on any atom is -0.490 e. The Labute approximate surface area is 180 Å². The molecule has 2 aromatic rings. The van der Waals surface area contributed by atoms with Crippen LogP contribution >= 0.6 is 0 Å². The number of halogens is 1. The highest BCUT2D eigenvalue weighted by Crippen LogP contribution is 2.40. The van der Waals surface area contributed by atoms with Crippen molar-refractivity contribution in [1.82, 2.24) is 9.88 Å². The normalized spacial score (nSPS) is 17.8. The Kier molecular flexibility index (Phi) is 6.41. The van der Waals surface area contributed by atoms with Gasteiger partial charge in [-0.05, 0) is 12.1 Å². The van der Waals surface area contributed by atoms with Gasteiger partial charge in [-0.2, -0.15) is 0 Å². The van der Waals surface area contributed by atoms with Crippen LogP contribution in [0, 0.1) is 5.82 Å². The van der Waals surface area contributed by atoms with Gasteiger partial charge in [0.1, 0.15) is 24.2 Å². The summed E-state index contributed by atoms with van der Waals surface area (Å²) in [7, 11) is 2.97. The van der Waals surface area contributed by atoms with E-state index in [1.807, 2.05) is 28.0 Å². The summed E-state index contributed by atoms with van der Waals surface area (Å²) in [6.07, 6.45) is 2.64. The molecule has 1 aromatic carbocycles. The quantitative estimate of drug-likeness (QED) is 0.667. The summed E-state index contributed by atoms with van der Waals surface area (Å²) in [5.41, 5.74) is 1.39. The maximum Gasteiger partial charge on any atom is 0.250 e. The van der Waals surface area contributed by atoms with Crippen LogP contribution in [0.25, 0.3) is 0 Å². The summed E-state index contributed by atoms with van der Waals surface area (Å²) in [5, 5.41) is 0. The molecule has 1 amide bonds. The number of fused-ring (bicyclic) bond motifs is 1. The Morgan fingerprint density at radius 3 is 2.94 bits per heavy atom. The number of amides is 1. The molecule has 0 spiro atoms. The van der Waals surface area contributed by atoms with E-state index in [4.69, 9.17) is 18.9 Å². The fourth-order valence-corrected chi connectivity index (χ4v) is 3.84. The van der Waals surface area contributed by atoms with E-state index in [0.717, 1.165) is 12.1 Å². The van der Waals surface area contributed by atoms with Crippen LogP contribution in [0.4, 0.5) is 15.8 Å². The van der Waals surface area contributed by atoms with Crippen molar-refractivity contribution >= 4 is 17.3 Å². The maximum atomic E-state index is 14.2. The molecule has 166 valence electrons. The second-order valence-corrected chi connectivity index (χ2v) is 7.43. The van der Waals surface area contributed by atoms with E-state index in [9.17, 15) is 9.18 Å². The summed E-state index contributed by atoms with van der Waals surface area (Å²) in [5.74, 6) is 0.877. The third-order valence-corrected chi connectivity index (χ3v) is 5.41. The molecule has 0 bridgehead atoms. The highest BCUT2D eigenvalue weighted by atomic mass is 19.1. The molecule has 1 unspecified atom stereocenters. The molecule has 1 saturated heterocycles. The lowest BCUT2D eigenvalue weighted by molar-refractivity contribution is -0.131. The highest BCUT2D eigenvalue weighted by Gasteiger charge is 2.28. The molecule has 1 fully saturated rings. The summed E-state index contributed by atoms with van der Waals surface area (Å²) in [6.45, 7) is 2.66. The van der Waals surface area contributed by atoms with Crippen LogP contribution in [0.1, 0.15) is 12.8 Å². The van der Waals surface area contributed by atoms with E-state index >= 15 is 0 Å². The zero-order valence-electron chi connectivity index (χ0n) is 17.7. The molecular weight excluding hydrogens is 405 g/mol. The van der Waals surface area contributed by atoms with Crippen LogP contribution in [-0.4, -0.2) is 69.0 Å². The van der Waals surface area contributed by atoms with Gasteiger partial charge in [0.05, 0.1) is 50.8 Å². The molecule has 9 heteroatoms. The van der Waals surface area contributed by atoms with Crippen LogP contribution in [0.15, 0.2) is 30.5 Å². The summed E-state index contributed by atoms with van der Waals surface area (Å²) >= 11 is 0. The molecule has 0 N–H and O–H groups in total. The number of ether oxygens (including phenoxy) is 4. The monoisotopic (exact) mass is 431 g/mol. The standard InChI is InChI=1S/C22H26FN3O5/c1-28-9-6-21(27)25-7-5-17(14-25)31-16-3-4-20-19(12-16)26(8-10-30-20)15-11-18(23)22(29-2)24-13-15/h3-4,11-13,17H,5-10,14H2,1-2H3. The lowest BCUT2D eigenvalue weighted by Gasteiger charge is -2.31. The van der Waals surface area contributed by atoms with Crippen molar-refractivity contribution in [2.45, 2.75) is 18.9 Å². The molecule has 3 heterocycles. The number of aromatic nitrogens is 1. The number of anilines is 2. The zero-order chi connectivity index (χ0) is 21.8. The van der Waals surface area contributed by atoms with E-state index in [1.165, 1.54) is 13.2 Å². The SMILES string of the molecule is COCCC(=O)N1CCC(Oc2ccc3c(c2)N(c2cnc(OC)c(F)c2)CCO3)C1. The number of carbonyl (C=O) groups excluding carboxylic acids is 1. The van der Waals surface area contributed by atoms with Gasteiger partial charge < -0.3 is 28.7 Å². The Morgan fingerprint density at radius 1 is 1.29 bits per heavy atom. The van der Waals surface area contributed by atoms with Gasteiger partial charge in [0.2, 0.25) is 11.8 Å². The van der Waals surface area contributed by atoms with Gasteiger partial charge in [-0.25, -0.2) is 9.37 Å². The molecule has 1 aromatic heterocycles. The fraction of sp³-hybridized carbons (Fsp3) is 0.455. The number of pyridine rings is 1. The van der Waals surface area contributed by atoms with Crippen molar-refractivity contribution in [3.8, 4) is 17.4 Å². The predicted molar refractivity (Wildman–Crippen MR) is 112 cm³/mol. The van der Waals surface area contributed by atoms with Crippen molar-refractivity contribution in [3.63, 3.8) is 0 Å². The highest BCUT2D eigenvalue weighted by molar-refractivity contribution is 5.76. The molecule has 2 aliphatic rings. The molecule has 0 radical (unpaired) electrons. The second kappa shape index (κ2) is 9.38. The van der Waals surface area contributed by atoms with Gasteiger partial charge >= 0.3 is 0 Å². The Hall–Kier alpha value is -3.07. The molecule has 2 aliphatic heterocycles. The van der Waals surface area contributed by atoms with Crippen LogP contribution in [0.5, 0.6) is 17.4 Å². The Balaban J connectivity index is 1.48. The van der Waals surface area contributed by atoms with Crippen molar-refractivity contribution < 1.29 is 28.1 Å². The van der Waals surface area contributed by atoms with Crippen molar-refractivity contribution in [2.24, 2.45) is 0 Å².